The van der Waals surface area contributed by atoms with Crippen LogP contribution in [-0.4, -0.2) is 18.0 Å². The van der Waals surface area contributed by atoms with Gasteiger partial charge in [0, 0.05) is 5.69 Å². The lowest BCUT2D eigenvalue weighted by molar-refractivity contribution is -0.123. The molecule has 0 aliphatic heterocycles. The van der Waals surface area contributed by atoms with Crippen molar-refractivity contribution in [3.05, 3.63) is 90.0 Å². The summed E-state index contributed by atoms with van der Waals surface area (Å²) < 4.78 is 11.2. The Bertz CT molecular complexity index is 1030. The summed E-state index contributed by atoms with van der Waals surface area (Å²) in [7, 11) is 0. The van der Waals surface area contributed by atoms with Gasteiger partial charge in [-0.1, -0.05) is 56.3 Å². The fraction of sp³-hybridized carbons (Fsp3) is 0.231. The van der Waals surface area contributed by atoms with Gasteiger partial charge in [-0.3, -0.25) is 4.79 Å². The van der Waals surface area contributed by atoms with Crippen molar-refractivity contribution in [1.82, 2.24) is 0 Å². The van der Waals surface area contributed by atoms with Gasteiger partial charge in [-0.25, -0.2) is 4.79 Å². The standard InChI is InChI=1S/C26H27NO4/c1-4-18(2)23-15-8-9-16-24(23)27-25(28)19(3)30-26(29)20-11-10-14-22(17-20)31-21-12-6-5-7-13-21/h5-19H,4H2,1-3H3,(H,27,28)/t18-,19+/m0/s1. The average molecular weight is 418 g/mol. The van der Waals surface area contributed by atoms with Gasteiger partial charge >= 0.3 is 5.97 Å². The largest absolute Gasteiger partial charge is 0.457 e. The number of nitrogens with one attached hydrogen (secondary N) is 1. The highest BCUT2D eigenvalue weighted by Crippen LogP contribution is 2.27. The van der Waals surface area contributed by atoms with E-state index in [1.807, 2.05) is 54.6 Å². The number of rotatable bonds is 8. The molecule has 0 aliphatic rings. The van der Waals surface area contributed by atoms with E-state index in [0.29, 0.717) is 23.0 Å². The molecule has 0 radical (unpaired) electrons. The number of ether oxygens (including phenoxy) is 2. The lowest BCUT2D eigenvalue weighted by Crippen LogP contribution is -2.30. The summed E-state index contributed by atoms with van der Waals surface area (Å²) >= 11 is 0. The Kier molecular flexibility index (Phi) is 7.44. The summed E-state index contributed by atoms with van der Waals surface area (Å²) in [4.78, 5) is 25.2. The van der Waals surface area contributed by atoms with Gasteiger partial charge in [0.15, 0.2) is 6.10 Å². The van der Waals surface area contributed by atoms with Crippen molar-refractivity contribution in [2.24, 2.45) is 0 Å². The number of amides is 1. The van der Waals surface area contributed by atoms with Gasteiger partial charge in [-0.15, -0.1) is 0 Å². The second-order valence-corrected chi connectivity index (χ2v) is 7.38. The maximum Gasteiger partial charge on any atom is 0.339 e. The second-order valence-electron chi connectivity index (χ2n) is 7.38. The monoisotopic (exact) mass is 417 g/mol. The maximum absolute atomic E-state index is 12.6. The Morgan fingerprint density at radius 1 is 0.871 bits per heavy atom. The van der Waals surface area contributed by atoms with Crippen molar-refractivity contribution in [3.8, 4) is 11.5 Å². The molecule has 3 aromatic rings. The highest BCUT2D eigenvalue weighted by Gasteiger charge is 2.21. The number of para-hydroxylation sites is 2. The van der Waals surface area contributed by atoms with Crippen molar-refractivity contribution in [1.29, 1.82) is 0 Å². The zero-order valence-electron chi connectivity index (χ0n) is 18.0. The summed E-state index contributed by atoms with van der Waals surface area (Å²) in [5.41, 5.74) is 2.11. The Morgan fingerprint density at radius 3 is 2.29 bits per heavy atom. The third-order valence-electron chi connectivity index (χ3n) is 5.06. The first-order valence-electron chi connectivity index (χ1n) is 10.4. The van der Waals surface area contributed by atoms with Crippen molar-refractivity contribution < 1.29 is 19.1 Å². The van der Waals surface area contributed by atoms with Crippen LogP contribution in [0.2, 0.25) is 0 Å². The molecule has 3 aromatic carbocycles. The van der Waals surface area contributed by atoms with E-state index in [2.05, 4.69) is 19.2 Å². The van der Waals surface area contributed by atoms with Gasteiger partial charge in [0.05, 0.1) is 5.56 Å². The van der Waals surface area contributed by atoms with Gasteiger partial charge in [0.2, 0.25) is 0 Å². The molecule has 0 saturated heterocycles. The van der Waals surface area contributed by atoms with Crippen LogP contribution in [0.1, 0.15) is 49.0 Å². The molecule has 2 atom stereocenters. The Morgan fingerprint density at radius 2 is 1.55 bits per heavy atom. The second kappa shape index (κ2) is 10.4. The Balaban J connectivity index is 1.64. The third kappa shape index (κ3) is 5.95. The van der Waals surface area contributed by atoms with Crippen LogP contribution in [0, 0.1) is 0 Å². The van der Waals surface area contributed by atoms with Crippen LogP contribution in [0.15, 0.2) is 78.9 Å². The SMILES string of the molecule is CC[C@H](C)c1ccccc1NC(=O)[C@@H](C)OC(=O)c1cccc(Oc2ccccc2)c1. The number of carbonyl (C=O) groups excluding carboxylic acids is 2. The molecular weight excluding hydrogens is 390 g/mol. The predicted octanol–water partition coefficient (Wildman–Crippen LogP) is 6.18. The van der Waals surface area contributed by atoms with Crippen molar-refractivity contribution in [2.75, 3.05) is 5.32 Å². The first-order valence-corrected chi connectivity index (χ1v) is 10.4. The van der Waals surface area contributed by atoms with Crippen molar-refractivity contribution in [2.45, 2.75) is 39.2 Å². The minimum absolute atomic E-state index is 0.307. The van der Waals surface area contributed by atoms with E-state index < -0.39 is 12.1 Å². The minimum Gasteiger partial charge on any atom is -0.457 e. The molecule has 3 rings (SSSR count). The van der Waals surface area contributed by atoms with Crippen molar-refractivity contribution in [3.63, 3.8) is 0 Å². The lowest BCUT2D eigenvalue weighted by atomic mass is 9.97. The van der Waals surface area contributed by atoms with Gasteiger partial charge in [-0.2, -0.15) is 0 Å². The van der Waals surface area contributed by atoms with Crippen LogP contribution in [0.3, 0.4) is 0 Å². The van der Waals surface area contributed by atoms with E-state index in [-0.39, 0.29) is 5.91 Å². The molecule has 0 aliphatic carbocycles. The summed E-state index contributed by atoms with van der Waals surface area (Å²) in [6.45, 7) is 5.77. The molecule has 0 aromatic heterocycles. The van der Waals surface area contributed by atoms with E-state index in [1.165, 1.54) is 0 Å². The number of esters is 1. The molecular formula is C26H27NO4. The molecule has 0 spiro atoms. The summed E-state index contributed by atoms with van der Waals surface area (Å²) in [5, 5.41) is 2.89. The zero-order chi connectivity index (χ0) is 22.2. The lowest BCUT2D eigenvalue weighted by Gasteiger charge is -2.18. The first kappa shape index (κ1) is 22.1. The Labute approximate surface area is 183 Å². The quantitative estimate of drug-likeness (QED) is 0.445. The van der Waals surface area contributed by atoms with E-state index >= 15 is 0 Å². The minimum atomic E-state index is -0.948. The number of benzene rings is 3. The van der Waals surface area contributed by atoms with Crippen LogP contribution < -0.4 is 10.1 Å². The molecule has 1 N–H and O–H groups in total. The molecule has 0 bridgehead atoms. The van der Waals surface area contributed by atoms with Gasteiger partial charge in [0.25, 0.3) is 5.91 Å². The molecule has 0 fully saturated rings. The van der Waals surface area contributed by atoms with E-state index in [1.54, 1.807) is 31.2 Å². The predicted molar refractivity (Wildman–Crippen MR) is 122 cm³/mol. The Hall–Kier alpha value is -3.60. The normalized spacial score (nSPS) is 12.5. The van der Waals surface area contributed by atoms with Crippen LogP contribution >= 0.6 is 0 Å². The fourth-order valence-electron chi connectivity index (χ4n) is 3.09. The number of hydrogen-bond donors (Lipinski definition) is 1. The molecule has 0 unspecified atom stereocenters. The van der Waals surface area contributed by atoms with Gasteiger partial charge < -0.3 is 14.8 Å². The average Bonchev–Trinajstić information content (AvgIpc) is 2.79. The molecule has 0 heterocycles. The summed E-state index contributed by atoms with van der Waals surface area (Å²) in [5.74, 6) is 0.528. The fourth-order valence-corrected chi connectivity index (χ4v) is 3.09. The summed E-state index contributed by atoms with van der Waals surface area (Å²) in [6.07, 6.45) is 0.00918. The molecule has 0 saturated carbocycles. The highest BCUT2D eigenvalue weighted by molar-refractivity contribution is 5.98. The zero-order valence-corrected chi connectivity index (χ0v) is 18.0. The van der Waals surface area contributed by atoms with Crippen LogP contribution in [-0.2, 0) is 9.53 Å². The summed E-state index contributed by atoms with van der Waals surface area (Å²) in [6, 6.07) is 23.7. The molecule has 160 valence electrons. The molecule has 5 heteroatoms. The van der Waals surface area contributed by atoms with E-state index in [9.17, 15) is 9.59 Å². The maximum atomic E-state index is 12.6. The van der Waals surface area contributed by atoms with Crippen LogP contribution in [0.25, 0.3) is 0 Å². The van der Waals surface area contributed by atoms with E-state index in [4.69, 9.17) is 9.47 Å². The van der Waals surface area contributed by atoms with Crippen LogP contribution in [0.5, 0.6) is 11.5 Å². The van der Waals surface area contributed by atoms with E-state index in [0.717, 1.165) is 17.7 Å². The molecule has 1 amide bonds. The third-order valence-corrected chi connectivity index (χ3v) is 5.06. The highest BCUT2D eigenvalue weighted by atomic mass is 16.5. The molecule has 5 nitrogen and oxygen atoms in total. The first-order chi connectivity index (χ1) is 15.0. The molecule has 31 heavy (non-hydrogen) atoms. The van der Waals surface area contributed by atoms with Gasteiger partial charge in [-0.05, 0) is 61.2 Å². The number of carbonyl (C=O) groups is 2. The number of hydrogen-bond acceptors (Lipinski definition) is 4. The van der Waals surface area contributed by atoms with Crippen molar-refractivity contribution >= 4 is 17.6 Å². The smallest absolute Gasteiger partial charge is 0.339 e. The van der Waals surface area contributed by atoms with Crippen LogP contribution in [0.4, 0.5) is 5.69 Å². The topological polar surface area (TPSA) is 64.6 Å². The van der Waals surface area contributed by atoms with Gasteiger partial charge in [0.1, 0.15) is 11.5 Å². The number of anilines is 1.